The summed E-state index contributed by atoms with van der Waals surface area (Å²) in [5, 5.41) is 16.3. The summed E-state index contributed by atoms with van der Waals surface area (Å²) >= 11 is 0. The van der Waals surface area contributed by atoms with Crippen LogP contribution in [-0.2, 0) is 9.59 Å². The van der Waals surface area contributed by atoms with Crippen LogP contribution in [-0.4, -0.2) is 26.8 Å². The molecule has 0 aliphatic carbocycles. The number of para-hydroxylation sites is 1. The van der Waals surface area contributed by atoms with E-state index in [1.165, 1.54) is 0 Å². The Morgan fingerprint density at radius 3 is 2.42 bits per heavy atom. The van der Waals surface area contributed by atoms with Crippen LogP contribution in [0.3, 0.4) is 0 Å². The third kappa shape index (κ3) is 4.44. The van der Waals surface area contributed by atoms with Crippen molar-refractivity contribution in [3.8, 4) is 5.69 Å². The van der Waals surface area contributed by atoms with Gasteiger partial charge in [-0.1, -0.05) is 39.0 Å². The maximum Gasteiger partial charge on any atom is 0.307 e. The normalized spacial score (nSPS) is 13.5. The van der Waals surface area contributed by atoms with Gasteiger partial charge in [-0.2, -0.15) is 5.10 Å². The lowest BCUT2D eigenvalue weighted by atomic mass is 9.82. The van der Waals surface area contributed by atoms with Gasteiger partial charge < -0.3 is 10.4 Å². The molecule has 0 bridgehead atoms. The molecule has 0 fully saturated rings. The number of benzene rings is 1. The highest BCUT2D eigenvalue weighted by Gasteiger charge is 2.29. The van der Waals surface area contributed by atoms with Crippen LogP contribution in [0.2, 0.25) is 0 Å². The monoisotopic (exact) mass is 329 g/mol. The van der Waals surface area contributed by atoms with E-state index >= 15 is 0 Å². The van der Waals surface area contributed by atoms with Crippen LogP contribution in [0.25, 0.3) is 5.69 Å². The van der Waals surface area contributed by atoms with Crippen molar-refractivity contribution in [1.29, 1.82) is 0 Å². The fourth-order valence-corrected chi connectivity index (χ4v) is 2.91. The van der Waals surface area contributed by atoms with Crippen molar-refractivity contribution in [3.63, 3.8) is 0 Å². The zero-order valence-corrected chi connectivity index (χ0v) is 14.1. The van der Waals surface area contributed by atoms with Crippen molar-refractivity contribution < 1.29 is 14.7 Å². The van der Waals surface area contributed by atoms with Crippen LogP contribution in [0.4, 0.5) is 5.82 Å². The molecule has 0 radical (unpaired) electrons. The highest BCUT2D eigenvalue weighted by molar-refractivity contribution is 5.90. The van der Waals surface area contributed by atoms with Gasteiger partial charge >= 0.3 is 5.97 Å². The molecule has 1 heterocycles. The SMILES string of the molecule is CC(C)C(C(=O)O)C(C)CC(=O)Nc1ccn(-c2ccccc2)n1. The predicted octanol–water partition coefficient (Wildman–Crippen LogP) is 3.19. The molecule has 0 saturated heterocycles. The van der Waals surface area contributed by atoms with E-state index in [0.29, 0.717) is 5.82 Å². The number of nitrogens with one attached hydrogen (secondary N) is 1. The number of aliphatic carboxylic acids is 1. The predicted molar refractivity (Wildman–Crippen MR) is 91.9 cm³/mol. The number of hydrogen-bond donors (Lipinski definition) is 2. The van der Waals surface area contributed by atoms with Gasteiger partial charge in [-0.15, -0.1) is 0 Å². The van der Waals surface area contributed by atoms with Crippen LogP contribution in [0.1, 0.15) is 27.2 Å². The number of anilines is 1. The lowest BCUT2D eigenvalue weighted by Crippen LogP contribution is -2.29. The molecule has 1 aromatic heterocycles. The first-order valence-corrected chi connectivity index (χ1v) is 8.02. The van der Waals surface area contributed by atoms with Crippen LogP contribution in [0.15, 0.2) is 42.6 Å². The third-order valence-electron chi connectivity index (χ3n) is 4.00. The maximum absolute atomic E-state index is 12.2. The van der Waals surface area contributed by atoms with Crippen molar-refractivity contribution >= 4 is 17.7 Å². The second-order valence-electron chi connectivity index (χ2n) is 6.32. The molecule has 6 heteroatoms. The van der Waals surface area contributed by atoms with Crippen LogP contribution >= 0.6 is 0 Å². The van der Waals surface area contributed by atoms with E-state index < -0.39 is 11.9 Å². The Bertz CT molecular complexity index is 695. The minimum absolute atomic E-state index is 0.0254. The Hall–Kier alpha value is -2.63. The Morgan fingerprint density at radius 1 is 1.17 bits per heavy atom. The molecule has 0 saturated carbocycles. The first kappa shape index (κ1) is 17.7. The van der Waals surface area contributed by atoms with E-state index in [1.54, 1.807) is 23.9 Å². The average Bonchev–Trinajstić information content (AvgIpc) is 2.95. The molecule has 24 heavy (non-hydrogen) atoms. The molecule has 2 aromatic rings. The van der Waals surface area contributed by atoms with Gasteiger partial charge in [0.15, 0.2) is 5.82 Å². The summed E-state index contributed by atoms with van der Waals surface area (Å²) in [6.45, 7) is 5.50. The second-order valence-corrected chi connectivity index (χ2v) is 6.32. The van der Waals surface area contributed by atoms with Gasteiger partial charge in [-0.25, -0.2) is 4.68 Å². The summed E-state index contributed by atoms with van der Waals surface area (Å²) in [4.78, 5) is 23.5. The molecule has 2 atom stereocenters. The minimum atomic E-state index is -0.862. The number of carboxylic acids is 1. The molecule has 0 aliphatic heterocycles. The van der Waals surface area contributed by atoms with Crippen LogP contribution < -0.4 is 5.32 Å². The van der Waals surface area contributed by atoms with E-state index in [0.717, 1.165) is 5.69 Å². The van der Waals surface area contributed by atoms with Gasteiger partial charge in [-0.05, 0) is 24.0 Å². The zero-order valence-electron chi connectivity index (χ0n) is 14.1. The van der Waals surface area contributed by atoms with Crippen molar-refractivity contribution in [2.24, 2.45) is 17.8 Å². The van der Waals surface area contributed by atoms with Gasteiger partial charge in [0.25, 0.3) is 0 Å². The van der Waals surface area contributed by atoms with Gasteiger partial charge in [0.2, 0.25) is 5.91 Å². The Labute approximate surface area is 141 Å². The number of nitrogens with zero attached hydrogens (tertiary/aromatic N) is 2. The minimum Gasteiger partial charge on any atom is -0.481 e. The van der Waals surface area contributed by atoms with Gasteiger partial charge in [0, 0.05) is 18.7 Å². The number of carbonyl (C=O) groups excluding carboxylic acids is 1. The molecule has 2 N–H and O–H groups in total. The highest BCUT2D eigenvalue weighted by Crippen LogP contribution is 2.24. The van der Waals surface area contributed by atoms with Crippen LogP contribution in [0, 0.1) is 17.8 Å². The van der Waals surface area contributed by atoms with E-state index in [1.807, 2.05) is 44.2 Å². The number of carbonyl (C=O) groups is 2. The molecule has 0 aliphatic rings. The number of rotatable bonds is 7. The lowest BCUT2D eigenvalue weighted by Gasteiger charge is -2.22. The number of carboxylic acid groups (broad SMARTS) is 1. The quantitative estimate of drug-likeness (QED) is 0.817. The average molecular weight is 329 g/mol. The fraction of sp³-hybridized carbons (Fsp3) is 0.389. The van der Waals surface area contributed by atoms with Crippen molar-refractivity contribution in [2.75, 3.05) is 5.32 Å². The van der Waals surface area contributed by atoms with Gasteiger partial charge in [-0.3, -0.25) is 9.59 Å². The second kappa shape index (κ2) is 7.77. The number of hydrogen-bond acceptors (Lipinski definition) is 3. The molecule has 2 unspecified atom stereocenters. The van der Waals surface area contributed by atoms with Crippen molar-refractivity contribution in [1.82, 2.24) is 9.78 Å². The van der Waals surface area contributed by atoms with Crippen molar-refractivity contribution in [2.45, 2.75) is 27.2 Å². The number of aromatic nitrogens is 2. The molecule has 0 spiro atoms. The summed E-state index contributed by atoms with van der Waals surface area (Å²) in [5.41, 5.74) is 0.900. The summed E-state index contributed by atoms with van der Waals surface area (Å²) in [7, 11) is 0. The first-order chi connectivity index (χ1) is 11.4. The summed E-state index contributed by atoms with van der Waals surface area (Å²) in [6.07, 6.45) is 1.91. The standard InChI is InChI=1S/C18H23N3O3/c1-12(2)17(18(23)24)13(3)11-16(22)19-15-9-10-21(20-15)14-7-5-4-6-8-14/h4-10,12-13,17H,11H2,1-3H3,(H,23,24)(H,19,20,22). The van der Waals surface area contributed by atoms with E-state index in [-0.39, 0.29) is 24.2 Å². The van der Waals surface area contributed by atoms with Crippen LogP contribution in [0.5, 0.6) is 0 Å². The highest BCUT2D eigenvalue weighted by atomic mass is 16.4. The number of amides is 1. The largest absolute Gasteiger partial charge is 0.481 e. The zero-order chi connectivity index (χ0) is 17.7. The first-order valence-electron chi connectivity index (χ1n) is 8.02. The molecule has 6 nitrogen and oxygen atoms in total. The summed E-state index contributed by atoms with van der Waals surface area (Å²) in [6, 6.07) is 11.3. The fourth-order valence-electron chi connectivity index (χ4n) is 2.91. The van der Waals surface area contributed by atoms with Gasteiger partial charge in [0.05, 0.1) is 11.6 Å². The van der Waals surface area contributed by atoms with E-state index in [9.17, 15) is 14.7 Å². The van der Waals surface area contributed by atoms with Gasteiger partial charge in [0.1, 0.15) is 0 Å². The molecule has 2 rings (SSSR count). The smallest absolute Gasteiger partial charge is 0.307 e. The summed E-state index contributed by atoms with van der Waals surface area (Å²) < 4.78 is 1.67. The molecule has 1 amide bonds. The molecular weight excluding hydrogens is 306 g/mol. The Balaban J connectivity index is 1.98. The molecule has 128 valence electrons. The lowest BCUT2D eigenvalue weighted by molar-refractivity contribution is -0.145. The van der Waals surface area contributed by atoms with Crippen molar-refractivity contribution in [3.05, 3.63) is 42.6 Å². The maximum atomic E-state index is 12.2. The molecule has 1 aromatic carbocycles. The Kier molecular flexibility index (Phi) is 5.73. The topological polar surface area (TPSA) is 84.2 Å². The summed E-state index contributed by atoms with van der Waals surface area (Å²) in [5.74, 6) is -1.46. The van der Waals surface area contributed by atoms with E-state index in [4.69, 9.17) is 0 Å². The Morgan fingerprint density at radius 2 is 1.83 bits per heavy atom. The molecular formula is C18H23N3O3. The van der Waals surface area contributed by atoms with E-state index in [2.05, 4.69) is 10.4 Å². The third-order valence-corrected chi connectivity index (χ3v) is 4.00.